The Kier molecular flexibility index (Phi) is 4.92. The molecular formula is C23H21ClN6O2S. The van der Waals surface area contributed by atoms with E-state index in [1.54, 1.807) is 9.25 Å². The number of nitrogens with zero attached hydrogens (tertiary/aromatic N) is 5. The van der Waals surface area contributed by atoms with Crippen molar-refractivity contribution in [1.29, 1.82) is 0 Å². The van der Waals surface area contributed by atoms with Gasteiger partial charge in [0.1, 0.15) is 21.4 Å². The van der Waals surface area contributed by atoms with Crippen LogP contribution in [0.5, 0.6) is 0 Å². The van der Waals surface area contributed by atoms with Crippen LogP contribution in [0.15, 0.2) is 44.9 Å². The number of rotatable bonds is 6. The average molecular weight is 481 g/mol. The summed E-state index contributed by atoms with van der Waals surface area (Å²) in [5, 5.41) is 6.11. The molecule has 168 valence electrons. The minimum Gasteiger partial charge on any atom is -0.274 e. The zero-order chi connectivity index (χ0) is 22.7. The Balaban J connectivity index is 1.43. The molecule has 2 aliphatic carbocycles. The number of benzene rings is 1. The van der Waals surface area contributed by atoms with Crippen LogP contribution in [-0.2, 0) is 5.75 Å². The topological polar surface area (TPSA) is 98.5 Å². The van der Waals surface area contributed by atoms with Crippen LogP contribution in [0.1, 0.15) is 54.7 Å². The van der Waals surface area contributed by atoms with E-state index in [9.17, 15) is 9.59 Å². The molecule has 0 radical (unpaired) electrons. The standard InChI is InChI=1S/C23H21ClN6O2S/c1-12-16(18(24)30(28-12)15-5-3-2-4-6-15)11-33-22-17-20(25-19(26-22)13-7-8-13)29(14-9-10-14)23(32)27-21(17)31/h2-6,13-14H,7-11H2,1H3,(H,27,31,32). The van der Waals surface area contributed by atoms with Crippen molar-refractivity contribution in [3.63, 3.8) is 0 Å². The molecule has 0 amide bonds. The quantitative estimate of drug-likeness (QED) is 0.329. The highest BCUT2D eigenvalue weighted by atomic mass is 35.5. The van der Waals surface area contributed by atoms with E-state index in [0.29, 0.717) is 38.7 Å². The molecule has 0 saturated heterocycles. The molecule has 0 bridgehead atoms. The number of aromatic amines is 1. The minimum atomic E-state index is -0.445. The number of aryl methyl sites for hydroxylation is 1. The Labute approximate surface area is 198 Å². The Bertz CT molecular complexity index is 1500. The largest absolute Gasteiger partial charge is 0.330 e. The van der Waals surface area contributed by atoms with Crippen LogP contribution in [0.25, 0.3) is 16.7 Å². The first kappa shape index (κ1) is 20.7. The summed E-state index contributed by atoms with van der Waals surface area (Å²) in [5.74, 6) is 1.50. The molecule has 6 rings (SSSR count). The number of hydrogen-bond acceptors (Lipinski definition) is 6. The summed E-state index contributed by atoms with van der Waals surface area (Å²) in [7, 11) is 0. The second-order valence-electron chi connectivity index (χ2n) is 8.61. The predicted octanol–water partition coefficient (Wildman–Crippen LogP) is 4.13. The van der Waals surface area contributed by atoms with E-state index in [4.69, 9.17) is 21.6 Å². The van der Waals surface area contributed by atoms with Crippen molar-refractivity contribution in [2.75, 3.05) is 0 Å². The highest BCUT2D eigenvalue weighted by molar-refractivity contribution is 7.98. The van der Waals surface area contributed by atoms with Gasteiger partial charge in [0.15, 0.2) is 5.65 Å². The molecule has 3 aromatic heterocycles. The van der Waals surface area contributed by atoms with Crippen LogP contribution < -0.4 is 11.2 Å². The van der Waals surface area contributed by atoms with Gasteiger partial charge in [-0.2, -0.15) is 5.10 Å². The molecule has 2 fully saturated rings. The number of para-hydroxylation sites is 1. The van der Waals surface area contributed by atoms with Gasteiger partial charge in [0.2, 0.25) is 0 Å². The van der Waals surface area contributed by atoms with E-state index >= 15 is 0 Å². The summed E-state index contributed by atoms with van der Waals surface area (Å²) < 4.78 is 3.36. The molecule has 0 unspecified atom stereocenters. The fraction of sp³-hybridized carbons (Fsp3) is 0.348. The second kappa shape index (κ2) is 7.85. The van der Waals surface area contributed by atoms with E-state index in [0.717, 1.165) is 42.6 Å². The van der Waals surface area contributed by atoms with Gasteiger partial charge in [-0.1, -0.05) is 29.8 Å². The molecule has 8 nitrogen and oxygen atoms in total. The highest BCUT2D eigenvalue weighted by Gasteiger charge is 2.32. The van der Waals surface area contributed by atoms with Gasteiger partial charge in [-0.05, 0) is 44.7 Å². The summed E-state index contributed by atoms with van der Waals surface area (Å²) in [6.45, 7) is 1.92. The molecule has 0 spiro atoms. The fourth-order valence-corrected chi connectivity index (χ4v) is 5.54. The van der Waals surface area contributed by atoms with E-state index in [1.807, 2.05) is 37.3 Å². The molecule has 1 aromatic carbocycles. The number of thioether (sulfide) groups is 1. The molecule has 0 aliphatic heterocycles. The molecule has 1 N–H and O–H groups in total. The maximum absolute atomic E-state index is 12.8. The third-order valence-electron chi connectivity index (χ3n) is 6.10. The third kappa shape index (κ3) is 3.69. The third-order valence-corrected chi connectivity index (χ3v) is 7.49. The van der Waals surface area contributed by atoms with Crippen molar-refractivity contribution < 1.29 is 0 Å². The molecule has 33 heavy (non-hydrogen) atoms. The molecule has 2 saturated carbocycles. The Hall–Kier alpha value is -2.91. The minimum absolute atomic E-state index is 0.0949. The lowest BCUT2D eigenvalue weighted by molar-refractivity contribution is 0.691. The van der Waals surface area contributed by atoms with Crippen LogP contribution in [0.4, 0.5) is 0 Å². The SMILES string of the molecule is Cc1nn(-c2ccccc2)c(Cl)c1CSc1nc(C2CC2)nc2c1c(=O)[nH]c(=O)n2C1CC1. The van der Waals surface area contributed by atoms with Crippen molar-refractivity contribution in [2.24, 2.45) is 0 Å². The van der Waals surface area contributed by atoms with Crippen molar-refractivity contribution in [2.45, 2.75) is 55.3 Å². The lowest BCUT2D eigenvalue weighted by atomic mass is 10.3. The van der Waals surface area contributed by atoms with Gasteiger partial charge in [0.05, 0.1) is 11.4 Å². The van der Waals surface area contributed by atoms with Gasteiger partial charge in [0.25, 0.3) is 5.56 Å². The van der Waals surface area contributed by atoms with Gasteiger partial charge in [0, 0.05) is 23.3 Å². The average Bonchev–Trinajstić information content (AvgIpc) is 3.72. The van der Waals surface area contributed by atoms with Crippen molar-refractivity contribution in [3.8, 4) is 5.69 Å². The van der Waals surface area contributed by atoms with Gasteiger partial charge < -0.3 is 0 Å². The number of hydrogen-bond donors (Lipinski definition) is 1. The van der Waals surface area contributed by atoms with E-state index in [2.05, 4.69) is 10.1 Å². The van der Waals surface area contributed by atoms with E-state index in [1.165, 1.54) is 11.8 Å². The van der Waals surface area contributed by atoms with E-state index < -0.39 is 11.2 Å². The number of fused-ring (bicyclic) bond motifs is 1. The molecule has 2 aliphatic rings. The predicted molar refractivity (Wildman–Crippen MR) is 128 cm³/mol. The highest BCUT2D eigenvalue weighted by Crippen LogP contribution is 2.41. The molecule has 4 aromatic rings. The first-order valence-electron chi connectivity index (χ1n) is 11.0. The fourth-order valence-electron chi connectivity index (χ4n) is 4.01. The van der Waals surface area contributed by atoms with Gasteiger partial charge >= 0.3 is 5.69 Å². The normalized spacial score (nSPS) is 15.9. The monoisotopic (exact) mass is 480 g/mol. The summed E-state index contributed by atoms with van der Waals surface area (Å²) in [4.78, 5) is 37.3. The Morgan fingerprint density at radius 1 is 1.12 bits per heavy atom. The van der Waals surface area contributed by atoms with Gasteiger partial charge in [-0.3, -0.25) is 14.3 Å². The molecular weight excluding hydrogens is 460 g/mol. The Morgan fingerprint density at radius 3 is 2.58 bits per heavy atom. The lowest BCUT2D eigenvalue weighted by Crippen LogP contribution is -2.31. The number of nitrogens with one attached hydrogen (secondary N) is 1. The first-order valence-corrected chi connectivity index (χ1v) is 12.4. The van der Waals surface area contributed by atoms with Crippen LogP contribution >= 0.6 is 23.4 Å². The number of aromatic nitrogens is 6. The molecule has 10 heteroatoms. The second-order valence-corrected chi connectivity index (χ2v) is 9.93. The summed E-state index contributed by atoms with van der Waals surface area (Å²) >= 11 is 8.14. The maximum atomic E-state index is 12.8. The summed E-state index contributed by atoms with van der Waals surface area (Å²) in [6.07, 6.45) is 3.89. The van der Waals surface area contributed by atoms with Crippen LogP contribution in [-0.4, -0.2) is 29.3 Å². The summed E-state index contributed by atoms with van der Waals surface area (Å²) in [6, 6.07) is 9.82. The summed E-state index contributed by atoms with van der Waals surface area (Å²) in [5.41, 5.74) is 2.20. The van der Waals surface area contributed by atoms with Gasteiger partial charge in [-0.25, -0.2) is 19.4 Å². The zero-order valence-corrected chi connectivity index (χ0v) is 19.5. The van der Waals surface area contributed by atoms with Crippen LogP contribution in [0.3, 0.4) is 0 Å². The van der Waals surface area contributed by atoms with Gasteiger partial charge in [-0.15, -0.1) is 11.8 Å². The number of H-pyrrole nitrogens is 1. The van der Waals surface area contributed by atoms with E-state index in [-0.39, 0.29) is 6.04 Å². The Morgan fingerprint density at radius 2 is 1.88 bits per heavy atom. The number of halogens is 1. The van der Waals surface area contributed by atoms with Crippen molar-refractivity contribution in [3.05, 3.63) is 73.4 Å². The van der Waals surface area contributed by atoms with Crippen LogP contribution in [0, 0.1) is 6.92 Å². The smallest absolute Gasteiger partial charge is 0.274 e. The van der Waals surface area contributed by atoms with Crippen molar-refractivity contribution in [1.82, 2.24) is 29.3 Å². The van der Waals surface area contributed by atoms with Crippen LogP contribution in [0.2, 0.25) is 5.15 Å². The molecule has 0 atom stereocenters. The maximum Gasteiger partial charge on any atom is 0.330 e. The van der Waals surface area contributed by atoms with Crippen molar-refractivity contribution >= 4 is 34.4 Å². The lowest BCUT2D eigenvalue weighted by Gasteiger charge is -2.12. The molecule has 3 heterocycles. The first-order chi connectivity index (χ1) is 16.0. The zero-order valence-electron chi connectivity index (χ0n) is 17.9.